The zero-order chi connectivity index (χ0) is 8.10. The van der Waals surface area contributed by atoms with Crippen molar-refractivity contribution in [2.45, 2.75) is 6.42 Å². The van der Waals surface area contributed by atoms with Crippen LogP contribution < -0.4 is 0 Å². The molecule has 11 heavy (non-hydrogen) atoms. The van der Waals surface area contributed by atoms with E-state index in [2.05, 4.69) is 10.2 Å². The van der Waals surface area contributed by atoms with Gasteiger partial charge in [0.15, 0.2) is 5.69 Å². The first-order valence-electron chi connectivity index (χ1n) is 3.20. The van der Waals surface area contributed by atoms with E-state index in [1.54, 1.807) is 12.1 Å². The second-order valence-electron chi connectivity index (χ2n) is 2.00. The molecular weight excluding hydrogens is 142 g/mol. The van der Waals surface area contributed by atoms with Crippen LogP contribution in [0, 0.1) is 11.3 Å². The lowest BCUT2D eigenvalue weighted by Gasteiger charge is -1.93. The Morgan fingerprint density at radius 2 is 2.27 bits per heavy atom. The SMILES string of the molecule is N#Cc1ccc(CCO)nn1. The van der Waals surface area contributed by atoms with Crippen LogP contribution in [-0.2, 0) is 6.42 Å². The van der Waals surface area contributed by atoms with Gasteiger partial charge in [0.2, 0.25) is 0 Å². The third-order valence-corrected chi connectivity index (χ3v) is 1.20. The molecule has 0 saturated carbocycles. The molecule has 1 rings (SSSR count). The molecule has 0 fully saturated rings. The predicted octanol–water partition coefficient (Wildman–Crippen LogP) is -0.117. The van der Waals surface area contributed by atoms with E-state index in [1.807, 2.05) is 6.07 Å². The van der Waals surface area contributed by atoms with Crippen molar-refractivity contribution in [2.75, 3.05) is 6.61 Å². The van der Waals surface area contributed by atoms with Crippen LogP contribution in [0.15, 0.2) is 12.1 Å². The molecule has 0 aliphatic rings. The summed E-state index contributed by atoms with van der Waals surface area (Å²) in [7, 11) is 0. The highest BCUT2D eigenvalue weighted by Gasteiger charge is 1.94. The molecule has 0 spiro atoms. The number of hydrogen-bond donors (Lipinski definition) is 1. The van der Waals surface area contributed by atoms with E-state index in [0.717, 1.165) is 0 Å². The third-order valence-electron chi connectivity index (χ3n) is 1.20. The molecule has 0 aliphatic carbocycles. The van der Waals surface area contributed by atoms with Gasteiger partial charge in [-0.15, -0.1) is 5.10 Å². The first kappa shape index (κ1) is 7.63. The predicted molar refractivity (Wildman–Crippen MR) is 37.5 cm³/mol. The molecule has 0 aromatic carbocycles. The topological polar surface area (TPSA) is 69.8 Å². The van der Waals surface area contributed by atoms with E-state index >= 15 is 0 Å². The molecule has 0 bridgehead atoms. The number of aromatic nitrogens is 2. The molecule has 0 aliphatic heterocycles. The average Bonchev–Trinajstić information content (AvgIpc) is 2.07. The maximum absolute atomic E-state index is 8.51. The maximum atomic E-state index is 8.51. The van der Waals surface area contributed by atoms with Crippen molar-refractivity contribution in [3.63, 3.8) is 0 Å². The van der Waals surface area contributed by atoms with Gasteiger partial charge in [0, 0.05) is 13.0 Å². The van der Waals surface area contributed by atoms with Crippen LogP contribution in [0.3, 0.4) is 0 Å². The van der Waals surface area contributed by atoms with Crippen molar-refractivity contribution in [1.29, 1.82) is 5.26 Å². The summed E-state index contributed by atoms with van der Waals surface area (Å²) in [6, 6.07) is 5.12. The van der Waals surface area contributed by atoms with E-state index in [0.29, 0.717) is 17.8 Å². The third kappa shape index (κ3) is 1.99. The summed E-state index contributed by atoms with van der Waals surface area (Å²) in [5.41, 5.74) is 0.998. The van der Waals surface area contributed by atoms with E-state index in [-0.39, 0.29) is 6.61 Å². The number of hydrogen-bond acceptors (Lipinski definition) is 4. The van der Waals surface area contributed by atoms with Crippen LogP contribution in [0.4, 0.5) is 0 Å². The zero-order valence-corrected chi connectivity index (χ0v) is 5.86. The molecule has 0 unspecified atom stereocenters. The molecule has 4 heteroatoms. The Morgan fingerprint density at radius 3 is 2.73 bits per heavy atom. The molecule has 1 aromatic heterocycles. The van der Waals surface area contributed by atoms with Gasteiger partial charge in [-0.2, -0.15) is 10.4 Å². The first-order chi connectivity index (χ1) is 5.36. The minimum absolute atomic E-state index is 0.0561. The number of aliphatic hydroxyl groups is 1. The molecule has 56 valence electrons. The Kier molecular flexibility index (Phi) is 2.53. The highest BCUT2D eigenvalue weighted by atomic mass is 16.3. The van der Waals surface area contributed by atoms with E-state index in [9.17, 15) is 0 Å². The summed E-state index contributed by atoms with van der Waals surface area (Å²) in [5, 5.41) is 24.2. The second kappa shape index (κ2) is 3.64. The number of nitrogens with zero attached hydrogens (tertiary/aromatic N) is 3. The zero-order valence-electron chi connectivity index (χ0n) is 5.86. The van der Waals surface area contributed by atoms with Crippen LogP contribution in [0.1, 0.15) is 11.4 Å². The molecule has 4 nitrogen and oxygen atoms in total. The molecule has 1 aromatic rings. The lowest BCUT2D eigenvalue weighted by atomic mass is 10.3. The normalized spacial score (nSPS) is 9.09. The summed E-state index contributed by atoms with van der Waals surface area (Å²) >= 11 is 0. The fraction of sp³-hybridized carbons (Fsp3) is 0.286. The fourth-order valence-electron chi connectivity index (χ4n) is 0.667. The first-order valence-corrected chi connectivity index (χ1v) is 3.20. The van der Waals surface area contributed by atoms with Crippen molar-refractivity contribution >= 4 is 0 Å². The monoisotopic (exact) mass is 149 g/mol. The Hall–Kier alpha value is -1.47. The second-order valence-corrected chi connectivity index (χ2v) is 2.00. The summed E-state index contributed by atoms with van der Waals surface area (Å²) in [6.45, 7) is 0.0561. The Balaban J connectivity index is 2.76. The maximum Gasteiger partial charge on any atom is 0.163 e. The van der Waals surface area contributed by atoms with Gasteiger partial charge in [0.1, 0.15) is 6.07 Å². The van der Waals surface area contributed by atoms with Crippen LogP contribution >= 0.6 is 0 Å². The van der Waals surface area contributed by atoms with Crippen molar-refractivity contribution in [1.82, 2.24) is 10.2 Å². The van der Waals surface area contributed by atoms with Gasteiger partial charge in [-0.25, -0.2) is 0 Å². The van der Waals surface area contributed by atoms with Gasteiger partial charge in [-0.1, -0.05) is 0 Å². The lowest BCUT2D eigenvalue weighted by Crippen LogP contribution is -1.97. The van der Waals surface area contributed by atoms with Crippen LogP contribution in [-0.4, -0.2) is 21.9 Å². The van der Waals surface area contributed by atoms with Crippen molar-refractivity contribution < 1.29 is 5.11 Å². The summed E-state index contributed by atoms with van der Waals surface area (Å²) in [5.74, 6) is 0. The number of rotatable bonds is 2. The summed E-state index contributed by atoms with van der Waals surface area (Å²) in [4.78, 5) is 0. The molecular formula is C7H7N3O. The largest absolute Gasteiger partial charge is 0.396 e. The molecule has 0 amide bonds. The Labute approximate surface area is 64.1 Å². The average molecular weight is 149 g/mol. The quantitative estimate of drug-likeness (QED) is 0.636. The lowest BCUT2D eigenvalue weighted by molar-refractivity contribution is 0.298. The molecule has 0 atom stereocenters. The van der Waals surface area contributed by atoms with Gasteiger partial charge in [-0.3, -0.25) is 0 Å². The van der Waals surface area contributed by atoms with Gasteiger partial charge >= 0.3 is 0 Å². The van der Waals surface area contributed by atoms with E-state index in [1.165, 1.54) is 0 Å². The highest BCUT2D eigenvalue weighted by Crippen LogP contribution is 1.94. The molecule has 0 radical (unpaired) electrons. The molecule has 1 N–H and O–H groups in total. The number of aliphatic hydroxyl groups excluding tert-OH is 1. The van der Waals surface area contributed by atoms with Gasteiger partial charge in [0.05, 0.1) is 5.69 Å². The van der Waals surface area contributed by atoms with E-state index in [4.69, 9.17) is 10.4 Å². The van der Waals surface area contributed by atoms with Gasteiger partial charge in [0.25, 0.3) is 0 Å². The minimum atomic E-state index is 0.0561. The van der Waals surface area contributed by atoms with Crippen molar-refractivity contribution in [3.8, 4) is 6.07 Å². The summed E-state index contributed by atoms with van der Waals surface area (Å²) < 4.78 is 0. The smallest absolute Gasteiger partial charge is 0.163 e. The highest BCUT2D eigenvalue weighted by molar-refractivity contribution is 5.18. The van der Waals surface area contributed by atoms with Crippen molar-refractivity contribution in [2.24, 2.45) is 0 Å². The van der Waals surface area contributed by atoms with Gasteiger partial charge < -0.3 is 5.11 Å². The standard InChI is InChI=1S/C7H7N3O/c8-5-7-2-1-6(3-4-11)9-10-7/h1-2,11H,3-4H2. The van der Waals surface area contributed by atoms with E-state index < -0.39 is 0 Å². The Bertz CT molecular complexity index is 262. The van der Waals surface area contributed by atoms with Crippen LogP contribution in [0.5, 0.6) is 0 Å². The molecule has 0 saturated heterocycles. The Morgan fingerprint density at radius 1 is 1.45 bits per heavy atom. The van der Waals surface area contributed by atoms with Crippen molar-refractivity contribution in [3.05, 3.63) is 23.5 Å². The summed E-state index contributed by atoms with van der Waals surface area (Å²) in [6.07, 6.45) is 0.485. The molecule has 1 heterocycles. The minimum Gasteiger partial charge on any atom is -0.396 e. The fourth-order valence-corrected chi connectivity index (χ4v) is 0.667. The van der Waals surface area contributed by atoms with Crippen LogP contribution in [0.25, 0.3) is 0 Å². The van der Waals surface area contributed by atoms with Gasteiger partial charge in [-0.05, 0) is 12.1 Å². The van der Waals surface area contributed by atoms with Crippen LogP contribution in [0.2, 0.25) is 0 Å². The number of nitriles is 1.